The maximum atomic E-state index is 14.1. The number of benzene rings is 2. The minimum atomic E-state index is -0.252. The van der Waals surface area contributed by atoms with Crippen molar-refractivity contribution < 1.29 is 14.5 Å². The molecule has 3 rings (SSSR count). The van der Waals surface area contributed by atoms with E-state index in [1.807, 2.05) is 35.6 Å². The fourth-order valence-corrected chi connectivity index (χ4v) is 4.38. The van der Waals surface area contributed by atoms with Crippen LogP contribution in [-0.4, -0.2) is 29.6 Å². The van der Waals surface area contributed by atoms with E-state index < -0.39 is 0 Å². The molecule has 0 saturated carbocycles. The Bertz CT molecular complexity index is 740. The van der Waals surface area contributed by atoms with Crippen molar-refractivity contribution in [3.63, 3.8) is 0 Å². The molecular weight excluding hydrogens is 359 g/mol. The zero-order valence-corrected chi connectivity index (χ0v) is 15.6. The molecule has 2 aromatic carbocycles. The average Bonchev–Trinajstić information content (AvgIpc) is 3.10. The summed E-state index contributed by atoms with van der Waals surface area (Å²) in [5.41, 5.74) is 1.71. The second kappa shape index (κ2) is 8.21. The van der Waals surface area contributed by atoms with Crippen molar-refractivity contribution in [1.82, 2.24) is 4.90 Å². The van der Waals surface area contributed by atoms with Gasteiger partial charge in [-0.3, -0.25) is 4.79 Å². The molecule has 2 atom stereocenters. The molecule has 2 N–H and O–H groups in total. The Kier molecular flexibility index (Phi) is 5.99. The molecule has 2 aromatic rings. The van der Waals surface area contributed by atoms with Crippen molar-refractivity contribution in [2.45, 2.75) is 18.3 Å². The third-order valence-corrected chi connectivity index (χ3v) is 5.92. The van der Waals surface area contributed by atoms with Gasteiger partial charge in [0, 0.05) is 28.4 Å². The molecule has 0 radical (unpaired) electrons. The van der Waals surface area contributed by atoms with Crippen LogP contribution in [0.2, 0.25) is 5.02 Å². The molecule has 0 aromatic heterocycles. The fourth-order valence-electron chi connectivity index (χ4n) is 2.96. The molecule has 1 amide bonds. The van der Waals surface area contributed by atoms with Gasteiger partial charge in [-0.2, -0.15) is 0 Å². The number of hydrogen-bond acceptors (Lipinski definition) is 2. The van der Waals surface area contributed by atoms with Crippen molar-refractivity contribution in [2.75, 3.05) is 18.8 Å². The summed E-state index contributed by atoms with van der Waals surface area (Å²) in [5.74, 6) is 0.620. The van der Waals surface area contributed by atoms with E-state index in [9.17, 15) is 9.18 Å². The lowest BCUT2D eigenvalue weighted by Crippen LogP contribution is -2.87. The number of hydrogen-bond donors (Lipinski definition) is 1. The standard InChI is InChI=1S/C19H20ClFN2OS/c1-13(14-6-8-15(20)9-7-14)22-12-18(24)23-10-11-25-19(23)16-4-2-3-5-17(16)21/h2-9,13,19,22H,10-12H2,1H3/p+1/t13-,19-/m0/s1. The van der Waals surface area contributed by atoms with Crippen LogP contribution in [0.25, 0.3) is 0 Å². The van der Waals surface area contributed by atoms with Crippen LogP contribution in [0.1, 0.15) is 29.5 Å². The quantitative estimate of drug-likeness (QED) is 0.864. The van der Waals surface area contributed by atoms with Gasteiger partial charge in [-0.1, -0.05) is 41.9 Å². The third-order valence-electron chi connectivity index (χ3n) is 4.42. The van der Waals surface area contributed by atoms with Crippen LogP contribution < -0.4 is 5.32 Å². The summed E-state index contributed by atoms with van der Waals surface area (Å²) in [5, 5.41) is 2.48. The first-order valence-corrected chi connectivity index (χ1v) is 9.73. The normalized spacial score (nSPS) is 18.4. The number of nitrogens with two attached hydrogens (primary N) is 1. The predicted octanol–water partition coefficient (Wildman–Crippen LogP) is 3.38. The van der Waals surface area contributed by atoms with E-state index in [2.05, 4.69) is 6.92 Å². The molecule has 0 bridgehead atoms. The summed E-state index contributed by atoms with van der Waals surface area (Å²) in [7, 11) is 0. The van der Waals surface area contributed by atoms with Crippen molar-refractivity contribution in [3.05, 3.63) is 70.5 Å². The molecule has 6 heteroatoms. The third kappa shape index (κ3) is 4.35. The summed E-state index contributed by atoms with van der Waals surface area (Å²) in [4.78, 5) is 14.5. The first kappa shape index (κ1) is 18.2. The van der Waals surface area contributed by atoms with E-state index >= 15 is 0 Å². The predicted molar refractivity (Wildman–Crippen MR) is 100.0 cm³/mol. The van der Waals surface area contributed by atoms with Crippen molar-refractivity contribution in [3.8, 4) is 0 Å². The largest absolute Gasteiger partial charge is 0.333 e. The van der Waals surface area contributed by atoms with Crippen LogP contribution in [0.15, 0.2) is 48.5 Å². The molecule has 3 nitrogen and oxygen atoms in total. The first-order chi connectivity index (χ1) is 12.1. The minimum Gasteiger partial charge on any atom is -0.333 e. The fraction of sp³-hybridized carbons (Fsp3) is 0.316. The van der Waals surface area contributed by atoms with Crippen molar-refractivity contribution >= 4 is 29.3 Å². The summed E-state index contributed by atoms with van der Waals surface area (Å²) in [6, 6.07) is 14.5. The number of nitrogens with zero attached hydrogens (tertiary/aromatic N) is 1. The van der Waals surface area contributed by atoms with Gasteiger partial charge in [-0.15, -0.1) is 11.8 Å². The van der Waals surface area contributed by atoms with E-state index in [0.29, 0.717) is 23.7 Å². The average molecular weight is 380 g/mol. The second-order valence-electron chi connectivity index (χ2n) is 6.11. The molecule has 1 aliphatic heterocycles. The van der Waals surface area contributed by atoms with Gasteiger partial charge in [0.1, 0.15) is 17.2 Å². The lowest BCUT2D eigenvalue weighted by Gasteiger charge is -2.24. The summed E-state index contributed by atoms with van der Waals surface area (Å²) >= 11 is 7.53. The van der Waals surface area contributed by atoms with Gasteiger partial charge in [0.2, 0.25) is 0 Å². The summed E-state index contributed by atoms with van der Waals surface area (Å²) in [6.07, 6.45) is 0. The van der Waals surface area contributed by atoms with E-state index in [-0.39, 0.29) is 23.1 Å². The second-order valence-corrected chi connectivity index (χ2v) is 7.74. The van der Waals surface area contributed by atoms with E-state index in [4.69, 9.17) is 11.6 Å². The number of halogens is 2. The number of rotatable bonds is 5. The van der Waals surface area contributed by atoms with Crippen molar-refractivity contribution in [1.29, 1.82) is 0 Å². The Balaban J connectivity index is 1.62. The van der Waals surface area contributed by atoms with Crippen LogP contribution >= 0.6 is 23.4 Å². The maximum Gasteiger partial charge on any atom is 0.278 e. The highest BCUT2D eigenvalue weighted by Gasteiger charge is 2.33. The lowest BCUT2D eigenvalue weighted by atomic mass is 10.1. The van der Waals surface area contributed by atoms with Gasteiger partial charge in [0.15, 0.2) is 6.54 Å². The Labute approximate surface area is 156 Å². The van der Waals surface area contributed by atoms with Gasteiger partial charge in [-0.05, 0) is 25.1 Å². The number of thioether (sulfide) groups is 1. The Morgan fingerprint density at radius 1 is 1.32 bits per heavy atom. The Morgan fingerprint density at radius 3 is 2.76 bits per heavy atom. The first-order valence-electron chi connectivity index (χ1n) is 8.30. The number of quaternary nitrogens is 1. The zero-order valence-electron chi connectivity index (χ0n) is 14.0. The molecular formula is C19H21ClFN2OS+. The number of carbonyl (C=O) groups is 1. The van der Waals surface area contributed by atoms with Gasteiger partial charge in [-0.25, -0.2) is 4.39 Å². The molecule has 0 unspecified atom stereocenters. The van der Waals surface area contributed by atoms with Crippen LogP contribution in [0.5, 0.6) is 0 Å². The van der Waals surface area contributed by atoms with E-state index in [0.717, 1.165) is 11.3 Å². The Morgan fingerprint density at radius 2 is 2.04 bits per heavy atom. The van der Waals surface area contributed by atoms with Crippen LogP contribution in [-0.2, 0) is 4.79 Å². The number of amides is 1. The molecule has 1 saturated heterocycles. The van der Waals surface area contributed by atoms with Gasteiger partial charge < -0.3 is 10.2 Å². The topological polar surface area (TPSA) is 36.9 Å². The monoisotopic (exact) mass is 379 g/mol. The minimum absolute atomic E-state index is 0.0408. The SMILES string of the molecule is C[C@H]([NH2+]CC(=O)N1CCS[C@H]1c1ccccc1F)c1ccc(Cl)cc1. The highest BCUT2D eigenvalue weighted by atomic mass is 35.5. The molecule has 0 spiro atoms. The molecule has 1 heterocycles. The highest BCUT2D eigenvalue weighted by molar-refractivity contribution is 7.99. The van der Waals surface area contributed by atoms with Gasteiger partial charge in [0.05, 0.1) is 0 Å². The lowest BCUT2D eigenvalue weighted by molar-refractivity contribution is -0.683. The maximum absolute atomic E-state index is 14.1. The smallest absolute Gasteiger partial charge is 0.278 e. The van der Waals surface area contributed by atoms with Crippen LogP contribution in [0, 0.1) is 5.82 Å². The molecule has 1 aliphatic rings. The van der Waals surface area contributed by atoms with Gasteiger partial charge in [0.25, 0.3) is 5.91 Å². The van der Waals surface area contributed by atoms with Crippen LogP contribution in [0.4, 0.5) is 4.39 Å². The van der Waals surface area contributed by atoms with Gasteiger partial charge >= 0.3 is 0 Å². The summed E-state index contributed by atoms with van der Waals surface area (Å²) in [6.45, 7) is 3.06. The zero-order chi connectivity index (χ0) is 17.8. The summed E-state index contributed by atoms with van der Waals surface area (Å²) < 4.78 is 14.1. The Hall–Kier alpha value is -1.56. The van der Waals surface area contributed by atoms with E-state index in [1.165, 1.54) is 6.07 Å². The molecule has 132 valence electrons. The highest BCUT2D eigenvalue weighted by Crippen LogP contribution is 2.38. The molecule has 25 heavy (non-hydrogen) atoms. The molecule has 1 fully saturated rings. The number of carbonyl (C=O) groups excluding carboxylic acids is 1. The van der Waals surface area contributed by atoms with Crippen molar-refractivity contribution in [2.24, 2.45) is 0 Å². The van der Waals surface area contributed by atoms with Crippen LogP contribution in [0.3, 0.4) is 0 Å². The van der Waals surface area contributed by atoms with E-state index in [1.54, 1.807) is 28.8 Å². The molecule has 0 aliphatic carbocycles.